The summed E-state index contributed by atoms with van der Waals surface area (Å²) in [4.78, 5) is 0. The lowest BCUT2D eigenvalue weighted by molar-refractivity contribution is 0.190. The van der Waals surface area contributed by atoms with Gasteiger partial charge >= 0.3 is 0 Å². The molecule has 2 saturated heterocycles. The first-order chi connectivity index (χ1) is 8.54. The van der Waals surface area contributed by atoms with E-state index in [2.05, 4.69) is 5.32 Å². The minimum atomic E-state index is -3.21. The molecule has 0 radical (unpaired) electrons. The number of hydrogen-bond acceptors (Lipinski definition) is 4. The van der Waals surface area contributed by atoms with Gasteiger partial charge in [0.15, 0.2) is 0 Å². The zero-order valence-electron chi connectivity index (χ0n) is 11.0. The Morgan fingerprint density at radius 3 is 2.56 bits per heavy atom. The Balaban J connectivity index is 2.01. The molecule has 2 heterocycles. The molecule has 0 spiro atoms. The number of hydrogen-bond donors (Lipinski definition) is 2. The fourth-order valence-corrected chi connectivity index (χ4v) is 5.22. The monoisotopic (exact) mass is 276 g/mol. The van der Waals surface area contributed by atoms with Gasteiger partial charge in [-0.05, 0) is 44.2 Å². The number of nitrogens with zero attached hydrogens (tertiary/aromatic N) is 1. The predicted octanol–water partition coefficient (Wildman–Crippen LogP) is 0.0185. The highest BCUT2D eigenvalue weighted by Gasteiger charge is 2.39. The van der Waals surface area contributed by atoms with E-state index in [9.17, 15) is 13.5 Å². The molecule has 106 valence electrons. The Bertz CT molecular complexity index is 366. The Kier molecular flexibility index (Phi) is 4.64. The molecule has 0 aromatic carbocycles. The van der Waals surface area contributed by atoms with E-state index >= 15 is 0 Å². The van der Waals surface area contributed by atoms with E-state index in [1.165, 1.54) is 0 Å². The minimum absolute atomic E-state index is 0.0629. The molecule has 2 fully saturated rings. The Labute approximate surface area is 110 Å². The third-order valence-electron chi connectivity index (χ3n) is 4.28. The number of aliphatic hydroxyl groups excluding tert-OH is 1. The SMILES string of the molecule is CC1CCN(S(=O)(=O)CC2CCNCC2)C1CO. The van der Waals surface area contributed by atoms with Crippen LogP contribution in [-0.2, 0) is 10.0 Å². The molecule has 5 nitrogen and oxygen atoms in total. The molecule has 2 rings (SSSR count). The van der Waals surface area contributed by atoms with Crippen molar-refractivity contribution >= 4 is 10.0 Å². The zero-order valence-corrected chi connectivity index (χ0v) is 11.8. The summed E-state index contributed by atoms with van der Waals surface area (Å²) >= 11 is 0. The molecule has 2 atom stereocenters. The van der Waals surface area contributed by atoms with Gasteiger partial charge in [-0.15, -0.1) is 0 Å². The lowest BCUT2D eigenvalue weighted by Gasteiger charge is -2.28. The van der Waals surface area contributed by atoms with Crippen molar-refractivity contribution in [2.45, 2.75) is 32.2 Å². The molecule has 0 aliphatic carbocycles. The molecular weight excluding hydrogens is 252 g/mol. The van der Waals surface area contributed by atoms with Crippen LogP contribution in [0.4, 0.5) is 0 Å². The van der Waals surface area contributed by atoms with E-state index in [1.54, 1.807) is 4.31 Å². The summed E-state index contributed by atoms with van der Waals surface area (Å²) in [5, 5.41) is 12.6. The number of piperidine rings is 1. The summed E-state index contributed by atoms with van der Waals surface area (Å²) in [6.45, 7) is 4.35. The highest BCUT2D eigenvalue weighted by Crippen LogP contribution is 2.28. The average Bonchev–Trinajstić information content (AvgIpc) is 2.72. The van der Waals surface area contributed by atoms with E-state index in [0.717, 1.165) is 32.4 Å². The summed E-state index contributed by atoms with van der Waals surface area (Å²) in [5.74, 6) is 0.780. The minimum Gasteiger partial charge on any atom is -0.395 e. The standard InChI is InChI=1S/C12H24N2O3S/c1-10-4-7-14(12(10)8-15)18(16,17)9-11-2-5-13-6-3-11/h10-13,15H,2-9H2,1H3. The Morgan fingerprint density at radius 1 is 1.28 bits per heavy atom. The van der Waals surface area contributed by atoms with Crippen LogP contribution in [0.15, 0.2) is 0 Å². The highest BCUT2D eigenvalue weighted by molar-refractivity contribution is 7.89. The van der Waals surface area contributed by atoms with Gasteiger partial charge in [0.1, 0.15) is 0 Å². The van der Waals surface area contributed by atoms with Crippen LogP contribution in [0.1, 0.15) is 26.2 Å². The van der Waals surface area contributed by atoms with Crippen molar-refractivity contribution < 1.29 is 13.5 Å². The fraction of sp³-hybridized carbons (Fsp3) is 1.00. The van der Waals surface area contributed by atoms with Crippen LogP contribution in [0.2, 0.25) is 0 Å². The van der Waals surface area contributed by atoms with Crippen LogP contribution in [0.5, 0.6) is 0 Å². The second kappa shape index (κ2) is 5.86. The van der Waals surface area contributed by atoms with E-state index in [4.69, 9.17) is 0 Å². The molecule has 0 saturated carbocycles. The maximum atomic E-state index is 12.4. The van der Waals surface area contributed by atoms with Crippen molar-refractivity contribution in [3.63, 3.8) is 0 Å². The van der Waals surface area contributed by atoms with Crippen LogP contribution < -0.4 is 5.32 Å². The normalized spacial score (nSPS) is 31.9. The molecule has 18 heavy (non-hydrogen) atoms. The van der Waals surface area contributed by atoms with Crippen LogP contribution in [0.25, 0.3) is 0 Å². The molecule has 2 aliphatic rings. The molecule has 0 amide bonds. The van der Waals surface area contributed by atoms with Crippen molar-refractivity contribution in [3.05, 3.63) is 0 Å². The molecule has 2 unspecified atom stereocenters. The fourth-order valence-electron chi connectivity index (χ4n) is 3.03. The zero-order chi connectivity index (χ0) is 13.2. The van der Waals surface area contributed by atoms with Gasteiger partial charge in [0.05, 0.1) is 18.4 Å². The van der Waals surface area contributed by atoms with Gasteiger partial charge in [0, 0.05) is 6.54 Å². The quantitative estimate of drug-likeness (QED) is 0.759. The number of nitrogens with one attached hydrogen (secondary N) is 1. The first-order valence-electron chi connectivity index (χ1n) is 6.85. The van der Waals surface area contributed by atoms with Gasteiger partial charge in [0.2, 0.25) is 10.0 Å². The summed E-state index contributed by atoms with van der Waals surface area (Å²) in [5.41, 5.74) is 0. The second-order valence-electron chi connectivity index (χ2n) is 5.60. The molecule has 2 N–H and O–H groups in total. The first-order valence-corrected chi connectivity index (χ1v) is 8.46. The highest BCUT2D eigenvalue weighted by atomic mass is 32.2. The van der Waals surface area contributed by atoms with Crippen molar-refractivity contribution in [3.8, 4) is 0 Å². The van der Waals surface area contributed by atoms with Crippen molar-refractivity contribution in [1.82, 2.24) is 9.62 Å². The Hall–Kier alpha value is -0.170. The van der Waals surface area contributed by atoms with Gasteiger partial charge in [-0.1, -0.05) is 6.92 Å². The number of sulfonamides is 1. The van der Waals surface area contributed by atoms with Crippen molar-refractivity contribution in [2.75, 3.05) is 32.0 Å². The van der Waals surface area contributed by atoms with Crippen LogP contribution in [0, 0.1) is 11.8 Å². The lowest BCUT2D eigenvalue weighted by atomic mass is 10.0. The summed E-state index contributed by atoms with van der Waals surface area (Å²) < 4.78 is 26.4. The maximum Gasteiger partial charge on any atom is 0.214 e. The van der Waals surface area contributed by atoms with Gasteiger partial charge in [-0.3, -0.25) is 0 Å². The topological polar surface area (TPSA) is 69.6 Å². The van der Waals surface area contributed by atoms with Gasteiger partial charge < -0.3 is 10.4 Å². The summed E-state index contributed by atoms with van der Waals surface area (Å²) in [7, 11) is -3.21. The molecule has 0 aromatic heterocycles. The average molecular weight is 276 g/mol. The second-order valence-corrected chi connectivity index (χ2v) is 7.56. The van der Waals surface area contributed by atoms with Gasteiger partial charge in [-0.2, -0.15) is 4.31 Å². The van der Waals surface area contributed by atoms with Crippen LogP contribution in [0.3, 0.4) is 0 Å². The summed E-state index contributed by atoms with van der Waals surface area (Å²) in [6.07, 6.45) is 2.73. The first kappa shape index (κ1) is 14.2. The van der Waals surface area contributed by atoms with Crippen molar-refractivity contribution in [1.29, 1.82) is 0 Å². The largest absolute Gasteiger partial charge is 0.395 e. The third-order valence-corrected chi connectivity index (χ3v) is 6.34. The lowest BCUT2D eigenvalue weighted by Crippen LogP contribution is -2.43. The molecular formula is C12H24N2O3S. The van der Waals surface area contributed by atoms with E-state index in [0.29, 0.717) is 6.54 Å². The third kappa shape index (κ3) is 3.04. The Morgan fingerprint density at radius 2 is 1.94 bits per heavy atom. The maximum absolute atomic E-state index is 12.4. The predicted molar refractivity (Wildman–Crippen MR) is 70.7 cm³/mol. The van der Waals surface area contributed by atoms with E-state index < -0.39 is 10.0 Å². The van der Waals surface area contributed by atoms with E-state index in [-0.39, 0.29) is 30.2 Å². The van der Waals surface area contributed by atoms with Crippen LogP contribution >= 0.6 is 0 Å². The molecule has 2 aliphatic heterocycles. The number of aliphatic hydroxyl groups is 1. The van der Waals surface area contributed by atoms with Gasteiger partial charge in [-0.25, -0.2) is 8.42 Å². The summed E-state index contributed by atoms with van der Waals surface area (Å²) in [6, 6.07) is -0.211. The molecule has 0 aromatic rings. The molecule has 6 heteroatoms. The molecule has 0 bridgehead atoms. The number of rotatable bonds is 4. The van der Waals surface area contributed by atoms with Crippen LogP contribution in [-0.4, -0.2) is 55.9 Å². The van der Waals surface area contributed by atoms with Gasteiger partial charge in [0.25, 0.3) is 0 Å². The smallest absolute Gasteiger partial charge is 0.214 e. The van der Waals surface area contributed by atoms with E-state index in [1.807, 2.05) is 6.92 Å². The van der Waals surface area contributed by atoms with Crippen molar-refractivity contribution in [2.24, 2.45) is 11.8 Å².